The first-order valence-corrected chi connectivity index (χ1v) is 16.8. The fourth-order valence-corrected chi connectivity index (χ4v) is 7.92. The molecule has 1 aliphatic rings. The van der Waals surface area contributed by atoms with E-state index in [0.717, 1.165) is 27.6 Å². The van der Waals surface area contributed by atoms with Crippen LogP contribution in [0.15, 0.2) is 119 Å². The predicted octanol–water partition coefficient (Wildman–Crippen LogP) is 7.04. The lowest BCUT2D eigenvalue weighted by atomic mass is 9.96. The third-order valence-corrected chi connectivity index (χ3v) is 11.2. The molecule has 214 valence electrons. The number of rotatable bonds is 7. The number of nitrogens with zero attached hydrogens (tertiary/aromatic N) is 3. The Morgan fingerprint density at radius 2 is 1.40 bits per heavy atom. The van der Waals surface area contributed by atoms with Crippen LogP contribution >= 0.6 is 27.3 Å². The van der Waals surface area contributed by atoms with Crippen molar-refractivity contribution in [1.29, 1.82) is 0 Å². The Bertz CT molecular complexity index is 1760. The fourth-order valence-electron chi connectivity index (χ4n) is 5.46. The maximum absolute atomic E-state index is 13.6. The molecule has 42 heavy (non-hydrogen) atoms. The quantitative estimate of drug-likeness (QED) is 0.188. The van der Waals surface area contributed by atoms with Crippen molar-refractivity contribution in [3.8, 4) is 0 Å². The molecule has 1 aromatic heterocycles. The van der Waals surface area contributed by atoms with Gasteiger partial charge in [-0.15, -0.1) is 11.3 Å². The van der Waals surface area contributed by atoms with Crippen LogP contribution in [-0.4, -0.2) is 57.4 Å². The molecule has 1 aliphatic heterocycles. The summed E-state index contributed by atoms with van der Waals surface area (Å²) in [5.41, 5.74) is 3.04. The van der Waals surface area contributed by atoms with E-state index >= 15 is 0 Å². The maximum atomic E-state index is 13.6. The highest BCUT2D eigenvalue weighted by Crippen LogP contribution is 2.33. The van der Waals surface area contributed by atoms with Gasteiger partial charge in [0.2, 0.25) is 0 Å². The molecule has 0 aliphatic carbocycles. The van der Waals surface area contributed by atoms with Gasteiger partial charge in [0.15, 0.2) is 0 Å². The SMILES string of the molecule is CN(c1ccc2sc(C(=O)N3CCN(C(c4ccccc4)c4ccccc4)CC3)cc2c1)S(=O)(=O)c1ccc(Br)cc1. The van der Waals surface area contributed by atoms with Gasteiger partial charge in [-0.2, -0.15) is 0 Å². The smallest absolute Gasteiger partial charge is 0.264 e. The second-order valence-corrected chi connectivity index (χ2v) is 14.3. The highest BCUT2D eigenvalue weighted by molar-refractivity contribution is 9.10. The van der Waals surface area contributed by atoms with Crippen molar-refractivity contribution >= 4 is 59.0 Å². The van der Waals surface area contributed by atoms with Gasteiger partial charge in [0, 0.05) is 42.4 Å². The Labute approximate surface area is 259 Å². The van der Waals surface area contributed by atoms with Gasteiger partial charge in [-0.05, 0) is 65.0 Å². The van der Waals surface area contributed by atoms with Crippen LogP contribution in [0.4, 0.5) is 5.69 Å². The first-order chi connectivity index (χ1) is 20.3. The number of amides is 1. The second kappa shape index (κ2) is 12.0. The number of hydrogen-bond acceptors (Lipinski definition) is 5. The predicted molar refractivity (Wildman–Crippen MR) is 174 cm³/mol. The van der Waals surface area contributed by atoms with E-state index in [1.807, 2.05) is 35.2 Å². The molecule has 6 rings (SSSR count). The molecule has 0 unspecified atom stereocenters. The molecule has 2 heterocycles. The van der Waals surface area contributed by atoms with Crippen molar-refractivity contribution in [2.24, 2.45) is 0 Å². The van der Waals surface area contributed by atoms with Gasteiger partial charge in [0.25, 0.3) is 15.9 Å². The highest BCUT2D eigenvalue weighted by atomic mass is 79.9. The van der Waals surface area contributed by atoms with E-state index in [1.54, 1.807) is 37.4 Å². The third-order valence-electron chi connectivity index (χ3n) is 7.74. The van der Waals surface area contributed by atoms with Gasteiger partial charge in [-0.25, -0.2) is 8.42 Å². The number of carbonyl (C=O) groups is 1. The molecule has 1 saturated heterocycles. The zero-order valence-electron chi connectivity index (χ0n) is 23.1. The normalized spacial score (nSPS) is 14.4. The minimum atomic E-state index is -3.72. The number of hydrogen-bond donors (Lipinski definition) is 0. The van der Waals surface area contributed by atoms with Gasteiger partial charge >= 0.3 is 0 Å². The number of benzene rings is 4. The van der Waals surface area contributed by atoms with Gasteiger partial charge in [-0.3, -0.25) is 14.0 Å². The van der Waals surface area contributed by atoms with E-state index in [-0.39, 0.29) is 16.8 Å². The molecule has 1 fully saturated rings. The van der Waals surface area contributed by atoms with Crippen molar-refractivity contribution in [3.63, 3.8) is 0 Å². The van der Waals surface area contributed by atoms with Crippen molar-refractivity contribution in [2.45, 2.75) is 10.9 Å². The molecule has 0 spiro atoms. The van der Waals surface area contributed by atoms with Crippen LogP contribution in [0.2, 0.25) is 0 Å². The lowest BCUT2D eigenvalue weighted by molar-refractivity contribution is 0.0602. The summed E-state index contributed by atoms with van der Waals surface area (Å²) >= 11 is 4.80. The van der Waals surface area contributed by atoms with E-state index in [9.17, 15) is 13.2 Å². The first-order valence-electron chi connectivity index (χ1n) is 13.7. The van der Waals surface area contributed by atoms with Crippen molar-refractivity contribution in [3.05, 3.63) is 130 Å². The highest BCUT2D eigenvalue weighted by Gasteiger charge is 2.29. The van der Waals surface area contributed by atoms with Gasteiger partial charge in [0.05, 0.1) is 21.5 Å². The van der Waals surface area contributed by atoms with Crippen molar-refractivity contribution in [1.82, 2.24) is 9.80 Å². The van der Waals surface area contributed by atoms with Crippen molar-refractivity contribution < 1.29 is 13.2 Å². The Morgan fingerprint density at radius 3 is 2.00 bits per heavy atom. The molecule has 0 saturated carbocycles. The molecule has 1 amide bonds. The molecule has 0 atom stereocenters. The van der Waals surface area contributed by atoms with E-state index < -0.39 is 10.0 Å². The molecular formula is C33H30BrN3O3S2. The molecule has 0 N–H and O–H groups in total. The summed E-state index contributed by atoms with van der Waals surface area (Å²) in [6, 6.07) is 35.2. The Hall–Kier alpha value is -3.50. The first kappa shape index (κ1) is 28.6. The number of halogens is 1. The number of sulfonamides is 1. The van der Waals surface area contributed by atoms with Crippen LogP contribution in [0.3, 0.4) is 0 Å². The molecule has 0 radical (unpaired) electrons. The van der Waals surface area contributed by atoms with Crippen LogP contribution < -0.4 is 4.31 Å². The minimum Gasteiger partial charge on any atom is -0.335 e. The van der Waals surface area contributed by atoms with Crippen LogP contribution in [0.1, 0.15) is 26.8 Å². The third kappa shape index (κ3) is 5.74. The monoisotopic (exact) mass is 659 g/mol. The van der Waals surface area contributed by atoms with Crippen LogP contribution in [0, 0.1) is 0 Å². The lowest BCUT2D eigenvalue weighted by Crippen LogP contribution is -2.49. The largest absolute Gasteiger partial charge is 0.335 e. The maximum Gasteiger partial charge on any atom is 0.264 e. The standard InChI is InChI=1S/C33H30BrN3O3S2/c1-35(42(39,40)29-15-12-27(34)13-16-29)28-14-17-30-26(22-28)23-31(41-30)33(38)37-20-18-36(19-21-37)32(24-8-4-2-5-9-24)25-10-6-3-7-11-25/h2-17,22-23,32H,18-21H2,1H3. The molecular weight excluding hydrogens is 630 g/mol. The Morgan fingerprint density at radius 1 is 0.810 bits per heavy atom. The Balaban J connectivity index is 1.18. The molecule has 5 aromatic rings. The van der Waals surface area contributed by atoms with Crippen LogP contribution in [-0.2, 0) is 10.0 Å². The number of thiophene rings is 1. The van der Waals surface area contributed by atoms with Crippen LogP contribution in [0.25, 0.3) is 10.1 Å². The summed E-state index contributed by atoms with van der Waals surface area (Å²) in [7, 11) is -2.17. The summed E-state index contributed by atoms with van der Waals surface area (Å²) in [6.45, 7) is 2.83. The number of piperazine rings is 1. The van der Waals surface area contributed by atoms with Gasteiger partial charge in [-0.1, -0.05) is 76.6 Å². The summed E-state index contributed by atoms with van der Waals surface area (Å²) in [6.07, 6.45) is 0. The molecule has 4 aromatic carbocycles. The summed E-state index contributed by atoms with van der Waals surface area (Å²) in [5, 5.41) is 0.852. The van der Waals surface area contributed by atoms with E-state index in [1.165, 1.54) is 26.8 Å². The topological polar surface area (TPSA) is 60.9 Å². The van der Waals surface area contributed by atoms with Crippen LogP contribution in [0.5, 0.6) is 0 Å². The Kier molecular flexibility index (Phi) is 8.18. The summed E-state index contributed by atoms with van der Waals surface area (Å²) in [5.74, 6) is 0.0178. The van der Waals surface area contributed by atoms with Gasteiger partial charge < -0.3 is 4.90 Å². The fraction of sp³-hybridized carbons (Fsp3) is 0.182. The number of anilines is 1. The minimum absolute atomic E-state index is 0.0178. The van der Waals surface area contributed by atoms with Crippen molar-refractivity contribution in [2.75, 3.05) is 37.5 Å². The number of fused-ring (bicyclic) bond motifs is 1. The van der Waals surface area contributed by atoms with E-state index in [4.69, 9.17) is 0 Å². The van der Waals surface area contributed by atoms with Gasteiger partial charge in [0.1, 0.15) is 0 Å². The molecule has 9 heteroatoms. The number of carbonyl (C=O) groups excluding carboxylic acids is 1. The lowest BCUT2D eigenvalue weighted by Gasteiger charge is -2.39. The molecule has 6 nitrogen and oxygen atoms in total. The summed E-state index contributed by atoms with van der Waals surface area (Å²) in [4.78, 5) is 18.8. The average molecular weight is 661 g/mol. The molecule has 0 bridgehead atoms. The summed E-state index contributed by atoms with van der Waals surface area (Å²) < 4.78 is 29.5. The van der Waals surface area contributed by atoms with E-state index in [2.05, 4.69) is 69.4 Å². The second-order valence-electron chi connectivity index (χ2n) is 10.3. The zero-order chi connectivity index (χ0) is 29.3. The van der Waals surface area contributed by atoms with E-state index in [0.29, 0.717) is 23.7 Å². The average Bonchev–Trinajstić information content (AvgIpc) is 3.46. The zero-order valence-corrected chi connectivity index (χ0v) is 26.3.